The van der Waals surface area contributed by atoms with Crippen LogP contribution < -0.4 is 5.32 Å². The molecule has 5 heteroatoms. The van der Waals surface area contributed by atoms with Gasteiger partial charge in [-0.15, -0.1) is 11.3 Å². The van der Waals surface area contributed by atoms with Crippen molar-refractivity contribution in [3.05, 3.63) is 16.1 Å². The number of aromatic nitrogens is 1. The summed E-state index contributed by atoms with van der Waals surface area (Å²) in [6, 6.07) is -0.156. The number of likely N-dealkylation sites (N-methyl/N-ethyl adjacent to an activating group) is 1. The minimum atomic E-state index is -0.156. The number of thiazole rings is 1. The Balaban J connectivity index is 2.45. The van der Waals surface area contributed by atoms with Crippen LogP contribution in [0.1, 0.15) is 38.4 Å². The molecule has 1 aromatic heterocycles. The van der Waals surface area contributed by atoms with E-state index in [1.54, 1.807) is 11.3 Å². The molecular weight excluding hydrogens is 246 g/mol. The van der Waals surface area contributed by atoms with Gasteiger partial charge in [-0.2, -0.15) is 0 Å². The smallest absolute Gasteiger partial charge is 0.239 e. The lowest BCUT2D eigenvalue weighted by Crippen LogP contribution is -2.44. The zero-order valence-corrected chi connectivity index (χ0v) is 12.5. The van der Waals surface area contributed by atoms with Crippen molar-refractivity contribution in [2.75, 3.05) is 13.1 Å². The minimum absolute atomic E-state index is 0.156. The second-order valence-electron chi connectivity index (χ2n) is 4.20. The molecular formula is C13H23N3OS. The van der Waals surface area contributed by atoms with Crippen LogP contribution >= 0.6 is 11.3 Å². The van der Waals surface area contributed by atoms with Gasteiger partial charge in [0.05, 0.1) is 16.7 Å². The van der Waals surface area contributed by atoms with Crippen LogP contribution in [0, 0.1) is 0 Å². The Hall–Kier alpha value is -0.940. The van der Waals surface area contributed by atoms with Gasteiger partial charge in [0.2, 0.25) is 5.91 Å². The molecule has 1 heterocycles. The Morgan fingerprint density at radius 3 is 2.61 bits per heavy atom. The summed E-state index contributed by atoms with van der Waals surface area (Å²) in [5.41, 5.74) is 1.02. The topological polar surface area (TPSA) is 45.2 Å². The van der Waals surface area contributed by atoms with Crippen molar-refractivity contribution >= 4 is 17.2 Å². The molecule has 0 aliphatic carbocycles. The first kappa shape index (κ1) is 15.1. The highest BCUT2D eigenvalue weighted by atomic mass is 32.1. The largest absolute Gasteiger partial charge is 0.342 e. The number of nitrogens with zero attached hydrogens (tertiary/aromatic N) is 2. The summed E-state index contributed by atoms with van der Waals surface area (Å²) in [5, 5.41) is 6.44. The van der Waals surface area contributed by atoms with E-state index in [1.165, 1.54) is 0 Å². The molecule has 0 aliphatic rings. The highest BCUT2D eigenvalue weighted by Crippen LogP contribution is 2.10. The van der Waals surface area contributed by atoms with Crippen molar-refractivity contribution in [2.45, 2.75) is 46.7 Å². The van der Waals surface area contributed by atoms with Crippen molar-refractivity contribution in [3.63, 3.8) is 0 Å². The van der Waals surface area contributed by atoms with Gasteiger partial charge in [0.25, 0.3) is 0 Å². The minimum Gasteiger partial charge on any atom is -0.342 e. The predicted molar refractivity (Wildman–Crippen MR) is 75.7 cm³/mol. The van der Waals surface area contributed by atoms with Gasteiger partial charge < -0.3 is 10.2 Å². The molecule has 0 bridgehead atoms. The molecule has 1 amide bonds. The summed E-state index contributed by atoms with van der Waals surface area (Å²) < 4.78 is 0. The number of hydrogen-bond acceptors (Lipinski definition) is 4. The molecule has 0 spiro atoms. The third kappa shape index (κ3) is 4.07. The number of amides is 1. The Labute approximate surface area is 113 Å². The molecule has 0 saturated carbocycles. The predicted octanol–water partition coefficient (Wildman–Crippen LogP) is 2.05. The van der Waals surface area contributed by atoms with Crippen LogP contribution in [0.3, 0.4) is 0 Å². The lowest BCUT2D eigenvalue weighted by molar-refractivity contribution is -0.132. The summed E-state index contributed by atoms with van der Waals surface area (Å²) in [5.74, 6) is 0.158. The van der Waals surface area contributed by atoms with E-state index < -0.39 is 0 Å². The number of rotatable bonds is 7. The Kier molecular flexibility index (Phi) is 6.29. The first-order valence-electron chi connectivity index (χ1n) is 6.57. The van der Waals surface area contributed by atoms with Gasteiger partial charge >= 0.3 is 0 Å². The lowest BCUT2D eigenvalue weighted by Gasteiger charge is -2.23. The molecule has 0 radical (unpaired) electrons. The van der Waals surface area contributed by atoms with E-state index in [1.807, 2.05) is 25.7 Å². The number of carbonyl (C=O) groups excluding carboxylic acids is 1. The average Bonchev–Trinajstić information content (AvgIpc) is 2.85. The third-order valence-corrected chi connectivity index (χ3v) is 3.98. The van der Waals surface area contributed by atoms with E-state index in [4.69, 9.17) is 0 Å². The second-order valence-corrected chi connectivity index (χ2v) is 5.14. The zero-order chi connectivity index (χ0) is 13.5. The van der Waals surface area contributed by atoms with E-state index in [2.05, 4.69) is 22.6 Å². The van der Waals surface area contributed by atoms with Crippen LogP contribution in [0.15, 0.2) is 5.38 Å². The van der Waals surface area contributed by atoms with Gasteiger partial charge in [0, 0.05) is 25.0 Å². The van der Waals surface area contributed by atoms with Gasteiger partial charge in [0.1, 0.15) is 0 Å². The maximum absolute atomic E-state index is 12.0. The first-order valence-corrected chi connectivity index (χ1v) is 7.45. The average molecular weight is 269 g/mol. The first-order chi connectivity index (χ1) is 8.62. The normalized spacial score (nSPS) is 12.4. The molecule has 4 nitrogen and oxygen atoms in total. The van der Waals surface area contributed by atoms with Gasteiger partial charge in [-0.25, -0.2) is 4.98 Å². The zero-order valence-electron chi connectivity index (χ0n) is 11.7. The second kappa shape index (κ2) is 7.48. The van der Waals surface area contributed by atoms with E-state index in [0.717, 1.165) is 30.2 Å². The van der Waals surface area contributed by atoms with Crippen molar-refractivity contribution in [1.82, 2.24) is 15.2 Å². The number of carbonyl (C=O) groups is 1. The molecule has 1 unspecified atom stereocenters. The summed E-state index contributed by atoms with van der Waals surface area (Å²) in [7, 11) is 0. The molecule has 0 aliphatic heterocycles. The van der Waals surface area contributed by atoms with E-state index in [0.29, 0.717) is 6.54 Å². The van der Waals surface area contributed by atoms with Gasteiger partial charge in [-0.1, -0.05) is 6.92 Å². The summed E-state index contributed by atoms with van der Waals surface area (Å²) in [4.78, 5) is 18.4. The van der Waals surface area contributed by atoms with E-state index in [-0.39, 0.29) is 11.9 Å². The highest BCUT2D eigenvalue weighted by Gasteiger charge is 2.17. The fraction of sp³-hybridized carbons (Fsp3) is 0.692. The van der Waals surface area contributed by atoms with Crippen LogP contribution in [0.5, 0.6) is 0 Å². The SMILES string of the molecule is CCc1nc(CNC(C)C(=O)N(CC)CC)cs1. The van der Waals surface area contributed by atoms with Crippen LogP contribution in [-0.4, -0.2) is 34.9 Å². The number of aryl methyl sites for hydroxylation is 1. The summed E-state index contributed by atoms with van der Waals surface area (Å²) in [6.07, 6.45) is 0.971. The maximum Gasteiger partial charge on any atom is 0.239 e. The van der Waals surface area contributed by atoms with Crippen molar-refractivity contribution < 1.29 is 4.79 Å². The number of hydrogen-bond donors (Lipinski definition) is 1. The molecule has 102 valence electrons. The van der Waals surface area contributed by atoms with Crippen LogP contribution in [0.25, 0.3) is 0 Å². The Morgan fingerprint density at radius 2 is 2.11 bits per heavy atom. The maximum atomic E-state index is 12.0. The van der Waals surface area contributed by atoms with Crippen molar-refractivity contribution in [3.8, 4) is 0 Å². The van der Waals surface area contributed by atoms with Gasteiger partial charge in [-0.05, 0) is 27.2 Å². The van der Waals surface area contributed by atoms with Gasteiger partial charge in [-0.3, -0.25) is 4.79 Å². The fourth-order valence-electron chi connectivity index (χ4n) is 1.75. The molecule has 1 N–H and O–H groups in total. The highest BCUT2D eigenvalue weighted by molar-refractivity contribution is 7.09. The van der Waals surface area contributed by atoms with Crippen LogP contribution in [-0.2, 0) is 17.8 Å². The molecule has 0 saturated heterocycles. The molecule has 1 atom stereocenters. The molecule has 1 rings (SSSR count). The standard InChI is InChI=1S/C13H23N3OS/c1-5-12-15-11(9-18-12)8-14-10(4)13(17)16(6-2)7-3/h9-10,14H,5-8H2,1-4H3. The molecule has 0 aromatic carbocycles. The van der Waals surface area contributed by atoms with Crippen LogP contribution in [0.4, 0.5) is 0 Å². The Morgan fingerprint density at radius 1 is 1.44 bits per heavy atom. The number of nitrogens with one attached hydrogen (secondary N) is 1. The van der Waals surface area contributed by atoms with Gasteiger partial charge in [0.15, 0.2) is 0 Å². The van der Waals surface area contributed by atoms with E-state index in [9.17, 15) is 4.79 Å². The Bertz CT molecular complexity index is 374. The third-order valence-electron chi connectivity index (χ3n) is 2.94. The summed E-state index contributed by atoms with van der Waals surface area (Å²) in [6.45, 7) is 10.2. The molecule has 1 aromatic rings. The molecule has 18 heavy (non-hydrogen) atoms. The summed E-state index contributed by atoms with van der Waals surface area (Å²) >= 11 is 1.68. The monoisotopic (exact) mass is 269 g/mol. The van der Waals surface area contributed by atoms with E-state index >= 15 is 0 Å². The van der Waals surface area contributed by atoms with Crippen LogP contribution in [0.2, 0.25) is 0 Å². The van der Waals surface area contributed by atoms with Crippen molar-refractivity contribution in [2.24, 2.45) is 0 Å². The molecule has 0 fully saturated rings. The quantitative estimate of drug-likeness (QED) is 0.824. The van der Waals surface area contributed by atoms with Crippen molar-refractivity contribution in [1.29, 1.82) is 0 Å². The lowest BCUT2D eigenvalue weighted by atomic mass is 10.2. The fourth-order valence-corrected chi connectivity index (χ4v) is 2.49.